The molecule has 0 rings (SSSR count). The van der Waals surface area contributed by atoms with Crippen molar-refractivity contribution in [3.8, 4) is 0 Å². The van der Waals surface area contributed by atoms with E-state index in [9.17, 15) is 6.94 Å². The Hall–Kier alpha value is 0.132. The van der Waals surface area contributed by atoms with E-state index in [0.717, 1.165) is 0 Å². The Bertz CT molecular complexity index is 234. The van der Waals surface area contributed by atoms with Crippen molar-refractivity contribution >= 4 is 4.49 Å². The summed E-state index contributed by atoms with van der Waals surface area (Å²) in [4.78, 5) is 0. The van der Waals surface area contributed by atoms with Gasteiger partial charge in [0.1, 0.15) is 0 Å². The second-order valence-corrected chi connectivity index (χ2v) is 7.79. The van der Waals surface area contributed by atoms with E-state index in [0.29, 0.717) is 0 Å². The molecule has 0 bridgehead atoms. The molecule has 0 spiro atoms. The van der Waals surface area contributed by atoms with Crippen LogP contribution in [0.15, 0.2) is 0 Å². The third-order valence-electron chi connectivity index (χ3n) is 0.416. The maximum absolute atomic E-state index is 10.1. The summed E-state index contributed by atoms with van der Waals surface area (Å²) in [5, 5.41) is 0. The van der Waals surface area contributed by atoms with Gasteiger partial charge in [-0.3, -0.25) is 0 Å². The summed E-state index contributed by atoms with van der Waals surface area (Å²) in [6.07, 6.45) is 0. The van der Waals surface area contributed by atoms with Crippen molar-refractivity contribution in [3.63, 3.8) is 0 Å². The van der Waals surface area contributed by atoms with Crippen molar-refractivity contribution in [2.75, 3.05) is 0 Å². The molecular formula is C10H21O2Re-. The van der Waals surface area contributed by atoms with Crippen LogP contribution in [-0.4, -0.2) is 4.49 Å². The van der Waals surface area contributed by atoms with Gasteiger partial charge in [-0.1, -0.05) is 20.8 Å². The molecule has 0 aromatic heterocycles. The van der Waals surface area contributed by atoms with Crippen molar-refractivity contribution in [2.24, 2.45) is 10.8 Å². The third-order valence-corrected chi connectivity index (χ3v) is 3.41. The van der Waals surface area contributed by atoms with Gasteiger partial charge in [0.2, 0.25) is 0 Å². The number of hydrogen-bond acceptors (Lipinski definition) is 2. The Labute approximate surface area is 87.1 Å². The largest absolute Gasteiger partial charge is 0.338 e. The van der Waals surface area contributed by atoms with Crippen LogP contribution < -0.4 is 0 Å². The van der Waals surface area contributed by atoms with Gasteiger partial charge in [0.15, 0.2) is 0 Å². The minimum atomic E-state index is -3.30. The molecule has 0 aliphatic carbocycles. The van der Waals surface area contributed by atoms with Crippen molar-refractivity contribution < 1.29 is 23.2 Å². The molecule has 0 aliphatic rings. The van der Waals surface area contributed by atoms with Gasteiger partial charge in [-0.2, -0.15) is 5.41 Å². The van der Waals surface area contributed by atoms with Crippen LogP contribution in [0.2, 0.25) is 0 Å². The Kier molecular flexibility index (Phi) is 6.93. The van der Waals surface area contributed by atoms with Gasteiger partial charge in [0.25, 0.3) is 0 Å². The topological polar surface area (TPSA) is 34.1 Å². The first kappa shape index (κ1) is 15.6. The summed E-state index contributed by atoms with van der Waals surface area (Å²) in [7, 11) is 0. The summed E-state index contributed by atoms with van der Waals surface area (Å²) in [5.41, 5.74) is 0.104. The van der Waals surface area contributed by atoms with Crippen LogP contribution in [-0.2, 0) is 23.2 Å². The molecule has 0 amide bonds. The second-order valence-electron chi connectivity index (χ2n) is 5.28. The van der Waals surface area contributed by atoms with Gasteiger partial charge in [-0.05, 0) is 0 Å². The van der Waals surface area contributed by atoms with E-state index in [-0.39, 0.29) is 10.8 Å². The maximum atomic E-state index is 10.1. The van der Waals surface area contributed by atoms with E-state index in [2.05, 4.69) is 27.7 Å². The first-order valence-electron chi connectivity index (χ1n) is 4.17. The molecule has 0 fully saturated rings. The van der Waals surface area contributed by atoms with E-state index in [4.69, 9.17) is 0 Å². The zero-order valence-corrected chi connectivity index (χ0v) is 12.2. The SMILES string of the molecule is CC(C)(C)[CH]=[Re](=[O])=[O].[CH2-]C(C)(C)C. The zero-order chi connectivity index (χ0) is 11.3. The van der Waals surface area contributed by atoms with Crippen LogP contribution in [0.1, 0.15) is 41.5 Å². The summed E-state index contributed by atoms with van der Waals surface area (Å²) in [6.45, 7) is 15.6. The minimum Gasteiger partial charge on any atom is -0.338 e. The fraction of sp³-hybridized carbons (Fsp3) is 0.800. The van der Waals surface area contributed by atoms with Crippen molar-refractivity contribution in [2.45, 2.75) is 41.5 Å². The molecule has 0 aliphatic heterocycles. The molecule has 0 atom stereocenters. The Balaban J connectivity index is 0. The summed E-state index contributed by atoms with van der Waals surface area (Å²) < 4.78 is 21.7. The van der Waals surface area contributed by atoms with Gasteiger partial charge in [0, 0.05) is 0 Å². The fourth-order valence-electron chi connectivity index (χ4n) is 0.267. The predicted octanol–water partition coefficient (Wildman–Crippen LogP) is 3.01. The molecule has 0 radical (unpaired) electrons. The van der Waals surface area contributed by atoms with Crippen LogP contribution in [0, 0.1) is 17.8 Å². The smallest absolute Gasteiger partial charge is 0.0878 e. The molecule has 81 valence electrons. The van der Waals surface area contributed by atoms with Gasteiger partial charge < -0.3 is 6.92 Å². The van der Waals surface area contributed by atoms with Crippen molar-refractivity contribution in [1.82, 2.24) is 0 Å². The van der Waals surface area contributed by atoms with Crippen LogP contribution in [0.5, 0.6) is 0 Å². The van der Waals surface area contributed by atoms with Crippen LogP contribution in [0.25, 0.3) is 0 Å². The van der Waals surface area contributed by atoms with Gasteiger partial charge >= 0.3 is 53.8 Å². The number of hydrogen-bond donors (Lipinski definition) is 0. The summed E-state index contributed by atoms with van der Waals surface area (Å²) in [6, 6.07) is 0. The second kappa shape index (κ2) is 5.78. The van der Waals surface area contributed by atoms with E-state index in [1.165, 1.54) is 4.49 Å². The number of rotatable bonds is 0. The quantitative estimate of drug-likeness (QED) is 0.623. The van der Waals surface area contributed by atoms with Gasteiger partial charge in [0.05, 0.1) is 0 Å². The first-order valence-corrected chi connectivity index (χ1v) is 7.95. The Morgan fingerprint density at radius 3 is 1.23 bits per heavy atom. The summed E-state index contributed by atoms with van der Waals surface area (Å²) in [5.74, 6) is 0. The molecule has 0 heterocycles. The average molecular weight is 359 g/mol. The average Bonchev–Trinajstić information content (AvgIpc) is 1.47. The molecule has 0 saturated heterocycles. The van der Waals surface area contributed by atoms with Crippen LogP contribution in [0.4, 0.5) is 0 Å². The molecule has 0 unspecified atom stereocenters. The van der Waals surface area contributed by atoms with E-state index in [1.807, 2.05) is 20.8 Å². The molecule has 0 N–H and O–H groups in total. The fourth-order valence-corrected chi connectivity index (χ4v) is 2.19. The monoisotopic (exact) mass is 360 g/mol. The van der Waals surface area contributed by atoms with E-state index < -0.39 is 16.2 Å². The molecule has 0 saturated carbocycles. The van der Waals surface area contributed by atoms with Crippen LogP contribution in [0.3, 0.4) is 0 Å². The van der Waals surface area contributed by atoms with Gasteiger partial charge in [-0.15, -0.1) is 0 Å². The zero-order valence-electron chi connectivity index (χ0n) is 9.48. The standard InChI is InChI=1S/C5H11.C5H10.2O.Re/c2*1-5(2,3)4;;;/h1H2,2-4H3;1H,2-4H3;;;/q-1;;;;. The molecule has 0 aromatic rings. The van der Waals surface area contributed by atoms with Gasteiger partial charge in [-0.25, -0.2) is 0 Å². The van der Waals surface area contributed by atoms with E-state index >= 15 is 0 Å². The molecule has 13 heavy (non-hydrogen) atoms. The third kappa shape index (κ3) is 47.3. The minimum absolute atomic E-state index is 0.146. The maximum Gasteiger partial charge on any atom is -0.0878 e. The van der Waals surface area contributed by atoms with E-state index in [1.54, 1.807) is 0 Å². The molecular weight excluding hydrogens is 338 g/mol. The Morgan fingerprint density at radius 1 is 1.00 bits per heavy atom. The first-order chi connectivity index (χ1) is 5.42. The predicted molar refractivity (Wildman–Crippen MR) is 51.7 cm³/mol. The van der Waals surface area contributed by atoms with Crippen molar-refractivity contribution in [3.05, 3.63) is 6.92 Å². The molecule has 3 heteroatoms. The normalized spacial score (nSPS) is 11.3. The molecule has 0 aromatic carbocycles. The van der Waals surface area contributed by atoms with Crippen LogP contribution >= 0.6 is 0 Å². The van der Waals surface area contributed by atoms with Crippen molar-refractivity contribution in [1.29, 1.82) is 0 Å². The molecule has 2 nitrogen and oxygen atoms in total. The summed E-state index contributed by atoms with van der Waals surface area (Å²) >= 11 is -3.30. The Morgan fingerprint density at radius 2 is 1.23 bits per heavy atom.